The van der Waals surface area contributed by atoms with E-state index in [4.69, 9.17) is 5.73 Å². The second-order valence-corrected chi connectivity index (χ2v) is 6.57. The number of rotatable bonds is 7. The number of hydrogen-bond acceptors (Lipinski definition) is 5. The van der Waals surface area contributed by atoms with Crippen molar-refractivity contribution < 1.29 is 27.8 Å². The lowest BCUT2D eigenvalue weighted by Crippen LogP contribution is -2.36. The van der Waals surface area contributed by atoms with Crippen LogP contribution in [0.1, 0.15) is 48.9 Å². The molecule has 1 aliphatic carbocycles. The molecular weight excluding hydrogens is 346 g/mol. The fraction of sp³-hybridized carbons (Fsp3) is 0.556. The van der Waals surface area contributed by atoms with E-state index in [9.17, 15) is 18.4 Å². The fourth-order valence-corrected chi connectivity index (χ4v) is 3.35. The first kappa shape index (κ1) is 20.1. The Hall–Kier alpha value is -2.22. The van der Waals surface area contributed by atoms with E-state index in [1.165, 1.54) is 19.2 Å². The smallest absolute Gasteiger partial charge is 0.387 e. The minimum Gasteiger partial charge on any atom is -0.465 e. The van der Waals surface area contributed by atoms with Crippen molar-refractivity contribution in [2.24, 2.45) is 11.1 Å². The molecule has 0 unspecified atom stereocenters. The van der Waals surface area contributed by atoms with Crippen LogP contribution in [0.5, 0.6) is 5.75 Å². The Kier molecular flexibility index (Phi) is 6.90. The van der Waals surface area contributed by atoms with Gasteiger partial charge in [0.2, 0.25) is 5.91 Å². The van der Waals surface area contributed by atoms with Crippen LogP contribution in [0.3, 0.4) is 0 Å². The van der Waals surface area contributed by atoms with E-state index in [0.717, 1.165) is 38.2 Å². The number of alkyl halides is 2. The molecule has 1 amide bonds. The van der Waals surface area contributed by atoms with Crippen molar-refractivity contribution in [3.63, 3.8) is 0 Å². The number of anilines is 1. The number of esters is 1. The molecule has 0 aliphatic heterocycles. The van der Waals surface area contributed by atoms with Gasteiger partial charge in [-0.3, -0.25) is 4.79 Å². The lowest BCUT2D eigenvalue weighted by Gasteiger charge is -2.35. The maximum atomic E-state index is 12.7. The molecule has 6 nitrogen and oxygen atoms in total. The molecule has 26 heavy (non-hydrogen) atoms. The molecule has 0 spiro atoms. The van der Waals surface area contributed by atoms with Gasteiger partial charge in [-0.05, 0) is 43.0 Å². The normalized spacial score (nSPS) is 16.2. The number of carbonyl (C=O) groups excluding carboxylic acids is 2. The minimum absolute atomic E-state index is 0.0480. The van der Waals surface area contributed by atoms with Crippen LogP contribution >= 0.6 is 0 Å². The summed E-state index contributed by atoms with van der Waals surface area (Å²) < 4.78 is 34.4. The molecule has 1 aromatic carbocycles. The first-order valence-corrected chi connectivity index (χ1v) is 8.56. The number of carbonyl (C=O) groups is 2. The Labute approximate surface area is 151 Å². The SMILES string of the molecule is COC(=O)c1ccc(NC(=O)CC2(CN)CCCCC2)c(OC(F)F)c1. The Morgan fingerprint density at radius 2 is 1.96 bits per heavy atom. The van der Waals surface area contributed by atoms with E-state index >= 15 is 0 Å². The van der Waals surface area contributed by atoms with Crippen LogP contribution in [-0.4, -0.2) is 32.1 Å². The summed E-state index contributed by atoms with van der Waals surface area (Å²) in [5.41, 5.74) is 5.76. The van der Waals surface area contributed by atoms with Gasteiger partial charge in [0.1, 0.15) is 5.75 Å². The van der Waals surface area contributed by atoms with Gasteiger partial charge in [-0.15, -0.1) is 0 Å². The molecule has 1 saturated carbocycles. The molecule has 0 saturated heterocycles. The molecule has 0 atom stereocenters. The maximum absolute atomic E-state index is 12.7. The van der Waals surface area contributed by atoms with Gasteiger partial charge in [-0.2, -0.15) is 8.78 Å². The number of amides is 1. The predicted octanol–water partition coefficient (Wildman–Crippen LogP) is 3.31. The number of ether oxygens (including phenoxy) is 2. The van der Waals surface area contributed by atoms with Crippen LogP contribution in [-0.2, 0) is 9.53 Å². The molecule has 8 heteroatoms. The number of hydrogen-bond donors (Lipinski definition) is 2. The van der Waals surface area contributed by atoms with Crippen LogP contribution in [0, 0.1) is 5.41 Å². The topological polar surface area (TPSA) is 90.7 Å². The van der Waals surface area contributed by atoms with Crippen molar-refractivity contribution in [3.05, 3.63) is 23.8 Å². The highest BCUT2D eigenvalue weighted by Gasteiger charge is 2.33. The predicted molar refractivity (Wildman–Crippen MR) is 92.2 cm³/mol. The summed E-state index contributed by atoms with van der Waals surface area (Å²) in [6, 6.07) is 3.84. The van der Waals surface area contributed by atoms with Crippen LogP contribution in [0.15, 0.2) is 18.2 Å². The summed E-state index contributed by atoms with van der Waals surface area (Å²) in [5.74, 6) is -1.30. The molecule has 0 heterocycles. The summed E-state index contributed by atoms with van der Waals surface area (Å²) in [6.45, 7) is -2.69. The summed E-state index contributed by atoms with van der Waals surface area (Å²) in [4.78, 5) is 24.0. The van der Waals surface area contributed by atoms with Crippen molar-refractivity contribution in [3.8, 4) is 5.75 Å². The Morgan fingerprint density at radius 1 is 1.27 bits per heavy atom. The highest BCUT2D eigenvalue weighted by molar-refractivity contribution is 5.95. The van der Waals surface area contributed by atoms with E-state index in [0.29, 0.717) is 6.54 Å². The number of methoxy groups -OCH3 is 1. The lowest BCUT2D eigenvalue weighted by molar-refractivity contribution is -0.119. The zero-order valence-corrected chi connectivity index (χ0v) is 14.7. The third-order valence-corrected chi connectivity index (χ3v) is 4.78. The molecule has 3 N–H and O–H groups in total. The Morgan fingerprint density at radius 3 is 2.54 bits per heavy atom. The summed E-state index contributed by atoms with van der Waals surface area (Å²) >= 11 is 0. The van der Waals surface area contributed by atoms with Crippen LogP contribution in [0.2, 0.25) is 0 Å². The van der Waals surface area contributed by atoms with E-state index in [1.807, 2.05) is 0 Å². The highest BCUT2D eigenvalue weighted by Crippen LogP contribution is 2.39. The zero-order valence-electron chi connectivity index (χ0n) is 14.7. The van der Waals surface area contributed by atoms with Gasteiger partial charge >= 0.3 is 12.6 Å². The van der Waals surface area contributed by atoms with Crippen LogP contribution in [0.25, 0.3) is 0 Å². The zero-order chi connectivity index (χ0) is 19.2. The Balaban J connectivity index is 2.16. The van der Waals surface area contributed by atoms with E-state index in [1.54, 1.807) is 0 Å². The molecule has 0 radical (unpaired) electrons. The average Bonchev–Trinajstić information content (AvgIpc) is 2.62. The second kappa shape index (κ2) is 8.93. The monoisotopic (exact) mass is 370 g/mol. The number of nitrogens with two attached hydrogens (primary N) is 1. The third kappa shape index (κ3) is 5.14. The molecule has 0 bridgehead atoms. The first-order valence-electron chi connectivity index (χ1n) is 8.56. The van der Waals surface area contributed by atoms with E-state index in [2.05, 4.69) is 14.8 Å². The van der Waals surface area contributed by atoms with Gasteiger partial charge in [0.05, 0.1) is 18.4 Å². The quantitative estimate of drug-likeness (QED) is 0.719. The number of nitrogens with one attached hydrogen (secondary N) is 1. The van der Waals surface area contributed by atoms with Crippen LogP contribution < -0.4 is 15.8 Å². The highest BCUT2D eigenvalue weighted by atomic mass is 19.3. The van der Waals surface area contributed by atoms with Crippen molar-refractivity contribution >= 4 is 17.6 Å². The van der Waals surface area contributed by atoms with Gasteiger partial charge in [0.15, 0.2) is 0 Å². The molecule has 1 aliphatic rings. The lowest BCUT2D eigenvalue weighted by atomic mass is 9.71. The minimum atomic E-state index is -3.09. The van der Waals surface area contributed by atoms with Gasteiger partial charge in [-0.25, -0.2) is 4.79 Å². The second-order valence-electron chi connectivity index (χ2n) is 6.57. The van der Waals surface area contributed by atoms with Gasteiger partial charge < -0.3 is 20.5 Å². The average molecular weight is 370 g/mol. The summed E-state index contributed by atoms with van der Waals surface area (Å²) in [6.07, 6.45) is 5.15. The van der Waals surface area contributed by atoms with E-state index in [-0.39, 0.29) is 34.7 Å². The van der Waals surface area contributed by atoms with Crippen molar-refractivity contribution in [1.29, 1.82) is 0 Å². The van der Waals surface area contributed by atoms with Crippen molar-refractivity contribution in [2.75, 3.05) is 19.0 Å². The number of halogens is 2. The number of benzene rings is 1. The van der Waals surface area contributed by atoms with Gasteiger partial charge in [0, 0.05) is 6.42 Å². The molecular formula is C18H24F2N2O4. The summed E-state index contributed by atoms with van der Waals surface area (Å²) in [7, 11) is 1.18. The molecule has 0 aromatic heterocycles. The Bertz CT molecular complexity index is 646. The third-order valence-electron chi connectivity index (χ3n) is 4.78. The van der Waals surface area contributed by atoms with Crippen LogP contribution in [0.4, 0.5) is 14.5 Å². The molecule has 1 fully saturated rings. The van der Waals surface area contributed by atoms with Gasteiger partial charge in [0.25, 0.3) is 0 Å². The fourth-order valence-electron chi connectivity index (χ4n) is 3.35. The largest absolute Gasteiger partial charge is 0.465 e. The molecule has 1 aromatic rings. The molecule has 144 valence electrons. The van der Waals surface area contributed by atoms with Gasteiger partial charge in [-0.1, -0.05) is 19.3 Å². The van der Waals surface area contributed by atoms with Crippen molar-refractivity contribution in [2.45, 2.75) is 45.1 Å². The maximum Gasteiger partial charge on any atom is 0.387 e. The first-order chi connectivity index (χ1) is 12.4. The van der Waals surface area contributed by atoms with Crippen molar-refractivity contribution in [1.82, 2.24) is 0 Å². The summed E-state index contributed by atoms with van der Waals surface area (Å²) in [5, 5.41) is 2.60. The molecule has 2 rings (SSSR count). The van der Waals surface area contributed by atoms with E-state index < -0.39 is 12.6 Å². The standard InChI is InChI=1S/C18H24F2N2O4/c1-25-16(24)12-5-6-13(14(9-12)26-17(19)20)22-15(23)10-18(11-21)7-3-2-4-8-18/h5-6,9,17H,2-4,7-8,10-11,21H2,1H3,(H,22,23).